The second-order valence-electron chi connectivity index (χ2n) is 5.35. The first-order valence-electron chi connectivity index (χ1n) is 7.75. The van der Waals surface area contributed by atoms with Crippen molar-refractivity contribution in [2.75, 3.05) is 26.3 Å². The average molecular weight is 352 g/mol. The predicted molar refractivity (Wildman–Crippen MR) is 85.7 cm³/mol. The summed E-state index contributed by atoms with van der Waals surface area (Å²) < 4.78 is 36.7. The van der Waals surface area contributed by atoms with Crippen LogP contribution in [0.5, 0.6) is 5.75 Å². The number of hydrogen-bond donors (Lipinski definition) is 0. The van der Waals surface area contributed by atoms with Gasteiger partial charge < -0.3 is 9.47 Å². The van der Waals surface area contributed by atoms with Crippen LogP contribution >= 0.6 is 0 Å². The van der Waals surface area contributed by atoms with Crippen molar-refractivity contribution in [2.24, 2.45) is 5.92 Å². The predicted octanol–water partition coefficient (Wildman–Crippen LogP) is 1.55. The van der Waals surface area contributed by atoms with Crippen molar-refractivity contribution < 1.29 is 22.7 Å². The third-order valence-electron chi connectivity index (χ3n) is 3.84. The van der Waals surface area contributed by atoms with Gasteiger partial charge in [-0.25, -0.2) is 8.42 Å². The lowest BCUT2D eigenvalue weighted by molar-refractivity contribution is -0.148. The summed E-state index contributed by atoms with van der Waals surface area (Å²) in [5, 5.41) is 8.42. The highest BCUT2D eigenvalue weighted by molar-refractivity contribution is 7.89. The summed E-state index contributed by atoms with van der Waals surface area (Å²) in [6.07, 6.45) is 0.779. The number of hydrogen-bond acceptors (Lipinski definition) is 6. The number of sulfonamides is 1. The number of nitriles is 1. The molecule has 0 saturated carbocycles. The lowest BCUT2D eigenvalue weighted by Gasteiger charge is -2.30. The zero-order valence-corrected chi connectivity index (χ0v) is 14.3. The van der Waals surface area contributed by atoms with Gasteiger partial charge in [0.15, 0.2) is 6.61 Å². The van der Waals surface area contributed by atoms with Crippen molar-refractivity contribution in [2.45, 2.75) is 24.7 Å². The van der Waals surface area contributed by atoms with Gasteiger partial charge in [0.05, 0.1) is 17.4 Å². The van der Waals surface area contributed by atoms with Crippen molar-refractivity contribution in [1.29, 1.82) is 5.26 Å². The standard InChI is InChI=1S/C16H20N2O5S/c1-2-22-14-3-5-15(6-4-14)24(20,21)18-10-7-13(8-11-18)16(19)23-12-9-17/h3-6,13H,2,7-8,10-12H2,1H3. The largest absolute Gasteiger partial charge is 0.494 e. The minimum atomic E-state index is -3.59. The molecule has 1 aromatic carbocycles. The summed E-state index contributed by atoms with van der Waals surface area (Å²) in [4.78, 5) is 11.9. The number of ether oxygens (including phenoxy) is 2. The molecule has 1 aromatic rings. The van der Waals surface area contributed by atoms with Crippen LogP contribution in [0, 0.1) is 17.2 Å². The van der Waals surface area contributed by atoms with Gasteiger partial charge in [-0.05, 0) is 44.0 Å². The molecule has 0 amide bonds. The number of piperidine rings is 1. The summed E-state index contributed by atoms with van der Waals surface area (Å²) in [5.41, 5.74) is 0. The van der Waals surface area contributed by atoms with E-state index in [1.54, 1.807) is 18.2 Å². The van der Waals surface area contributed by atoms with Gasteiger partial charge in [0.1, 0.15) is 11.8 Å². The second-order valence-corrected chi connectivity index (χ2v) is 7.29. The van der Waals surface area contributed by atoms with Crippen LogP contribution in [0.25, 0.3) is 0 Å². The monoisotopic (exact) mass is 352 g/mol. The normalized spacial score (nSPS) is 16.3. The van der Waals surface area contributed by atoms with Gasteiger partial charge in [-0.2, -0.15) is 9.57 Å². The Morgan fingerprint density at radius 1 is 1.29 bits per heavy atom. The molecule has 1 aliphatic heterocycles. The van der Waals surface area contributed by atoms with Crippen LogP contribution in [0.1, 0.15) is 19.8 Å². The van der Waals surface area contributed by atoms with E-state index < -0.39 is 16.0 Å². The van der Waals surface area contributed by atoms with Gasteiger partial charge in [0.2, 0.25) is 10.0 Å². The molecule has 1 heterocycles. The molecule has 0 bridgehead atoms. The topological polar surface area (TPSA) is 96.7 Å². The molecule has 130 valence electrons. The van der Waals surface area contributed by atoms with Crippen LogP contribution in [-0.4, -0.2) is 45.0 Å². The highest BCUT2D eigenvalue weighted by Crippen LogP contribution is 2.25. The van der Waals surface area contributed by atoms with E-state index in [0.29, 0.717) is 25.2 Å². The van der Waals surface area contributed by atoms with Crippen LogP contribution in [-0.2, 0) is 19.6 Å². The molecule has 0 aliphatic carbocycles. The molecule has 0 unspecified atom stereocenters. The minimum absolute atomic E-state index is 0.205. The zero-order valence-electron chi connectivity index (χ0n) is 13.5. The summed E-state index contributed by atoms with van der Waals surface area (Å²) in [6, 6.07) is 8.04. The molecule has 1 fully saturated rings. The molecule has 0 spiro atoms. The van der Waals surface area contributed by atoms with E-state index in [4.69, 9.17) is 14.7 Å². The Hall–Kier alpha value is -2.11. The molecule has 7 nitrogen and oxygen atoms in total. The summed E-state index contributed by atoms with van der Waals surface area (Å²) >= 11 is 0. The van der Waals surface area contributed by atoms with E-state index in [1.807, 2.05) is 6.92 Å². The third-order valence-corrected chi connectivity index (χ3v) is 5.75. The highest BCUT2D eigenvalue weighted by Gasteiger charge is 2.32. The lowest BCUT2D eigenvalue weighted by Crippen LogP contribution is -2.40. The average Bonchev–Trinajstić information content (AvgIpc) is 2.60. The molecule has 1 aliphatic rings. The molecule has 0 aromatic heterocycles. The number of benzene rings is 1. The fourth-order valence-corrected chi connectivity index (χ4v) is 4.05. The van der Waals surface area contributed by atoms with Crippen molar-refractivity contribution in [3.05, 3.63) is 24.3 Å². The number of rotatable bonds is 6. The minimum Gasteiger partial charge on any atom is -0.494 e. The maximum Gasteiger partial charge on any atom is 0.310 e. The van der Waals surface area contributed by atoms with Gasteiger partial charge in [-0.3, -0.25) is 4.79 Å². The maximum absolute atomic E-state index is 12.6. The fraction of sp³-hybridized carbons (Fsp3) is 0.500. The van der Waals surface area contributed by atoms with Gasteiger partial charge in [0.25, 0.3) is 0 Å². The van der Waals surface area contributed by atoms with Crippen LogP contribution < -0.4 is 4.74 Å². The summed E-state index contributed by atoms with van der Waals surface area (Å²) in [5.74, 6) is -0.171. The Bertz CT molecular complexity index is 701. The summed E-state index contributed by atoms with van der Waals surface area (Å²) in [7, 11) is -3.59. The Balaban J connectivity index is 1.99. The van der Waals surface area contributed by atoms with Gasteiger partial charge >= 0.3 is 5.97 Å². The first-order chi connectivity index (χ1) is 11.5. The van der Waals surface area contributed by atoms with E-state index in [9.17, 15) is 13.2 Å². The number of nitrogens with zero attached hydrogens (tertiary/aromatic N) is 2. The molecular weight excluding hydrogens is 332 g/mol. The number of carbonyl (C=O) groups excluding carboxylic acids is 1. The molecule has 24 heavy (non-hydrogen) atoms. The first kappa shape index (κ1) is 18.2. The number of esters is 1. The van der Waals surface area contributed by atoms with Crippen molar-refractivity contribution in [3.63, 3.8) is 0 Å². The fourth-order valence-electron chi connectivity index (χ4n) is 2.58. The van der Waals surface area contributed by atoms with Gasteiger partial charge in [-0.1, -0.05) is 0 Å². The van der Waals surface area contributed by atoms with Crippen molar-refractivity contribution in [3.8, 4) is 11.8 Å². The Labute approximate surface area is 141 Å². The zero-order chi connectivity index (χ0) is 17.6. The molecule has 8 heteroatoms. The Kier molecular flexibility index (Phi) is 6.17. The van der Waals surface area contributed by atoms with E-state index in [2.05, 4.69) is 0 Å². The maximum atomic E-state index is 12.6. The van der Waals surface area contributed by atoms with E-state index in [0.717, 1.165) is 0 Å². The molecule has 0 atom stereocenters. The second kappa shape index (κ2) is 8.13. The third kappa shape index (κ3) is 4.24. The van der Waals surface area contributed by atoms with Crippen LogP contribution in [0.3, 0.4) is 0 Å². The van der Waals surface area contributed by atoms with Gasteiger partial charge in [-0.15, -0.1) is 0 Å². The van der Waals surface area contributed by atoms with E-state index in [-0.39, 0.29) is 30.5 Å². The lowest BCUT2D eigenvalue weighted by atomic mass is 9.98. The van der Waals surface area contributed by atoms with E-state index in [1.165, 1.54) is 16.4 Å². The van der Waals surface area contributed by atoms with E-state index >= 15 is 0 Å². The van der Waals surface area contributed by atoms with Crippen LogP contribution in [0.4, 0.5) is 0 Å². The van der Waals surface area contributed by atoms with Crippen molar-refractivity contribution in [1.82, 2.24) is 4.31 Å². The Morgan fingerprint density at radius 2 is 1.92 bits per heavy atom. The molecular formula is C16H20N2O5S. The first-order valence-corrected chi connectivity index (χ1v) is 9.19. The molecule has 1 saturated heterocycles. The summed E-state index contributed by atoms with van der Waals surface area (Å²) in [6.45, 7) is 2.60. The SMILES string of the molecule is CCOc1ccc(S(=O)(=O)N2CCC(C(=O)OCC#N)CC2)cc1. The van der Waals surface area contributed by atoms with Gasteiger partial charge in [0, 0.05) is 13.1 Å². The smallest absolute Gasteiger partial charge is 0.310 e. The molecule has 0 N–H and O–H groups in total. The Morgan fingerprint density at radius 3 is 2.46 bits per heavy atom. The number of carbonyl (C=O) groups is 1. The molecule has 0 radical (unpaired) electrons. The molecule has 2 rings (SSSR count). The highest BCUT2D eigenvalue weighted by atomic mass is 32.2. The van der Waals surface area contributed by atoms with Crippen LogP contribution in [0.15, 0.2) is 29.2 Å². The quantitative estimate of drug-likeness (QED) is 0.721. The van der Waals surface area contributed by atoms with Crippen molar-refractivity contribution >= 4 is 16.0 Å². The van der Waals surface area contributed by atoms with Crippen LogP contribution in [0.2, 0.25) is 0 Å².